The Morgan fingerprint density at radius 3 is 2.75 bits per heavy atom. The second-order valence-corrected chi connectivity index (χ2v) is 4.88. The molecule has 1 aromatic rings. The van der Waals surface area contributed by atoms with Crippen LogP contribution in [0.15, 0.2) is 16.7 Å². The lowest BCUT2D eigenvalue weighted by molar-refractivity contribution is 0.0696. The van der Waals surface area contributed by atoms with Crippen LogP contribution < -0.4 is 10.5 Å². The summed E-state index contributed by atoms with van der Waals surface area (Å²) >= 11 is 0. The zero-order valence-corrected chi connectivity index (χ0v) is 9.16. The first-order valence-corrected chi connectivity index (χ1v) is 6.12. The van der Waals surface area contributed by atoms with Gasteiger partial charge in [0.25, 0.3) is 0 Å². The van der Waals surface area contributed by atoms with Crippen LogP contribution >= 0.6 is 0 Å². The Balaban J connectivity index is 2.35. The molecule has 8 heteroatoms. The van der Waals surface area contributed by atoms with Crippen molar-refractivity contribution in [3.63, 3.8) is 0 Å². The van der Waals surface area contributed by atoms with Crippen LogP contribution in [0, 0.1) is 0 Å². The van der Waals surface area contributed by atoms with E-state index in [0.29, 0.717) is 5.76 Å². The highest BCUT2D eigenvalue weighted by atomic mass is 32.2. The fourth-order valence-corrected chi connectivity index (χ4v) is 1.44. The average molecular weight is 248 g/mol. The van der Waals surface area contributed by atoms with E-state index in [1.807, 2.05) is 0 Å². The Bertz CT molecular complexity index is 465. The molecule has 0 unspecified atom stereocenters. The molecule has 0 radical (unpaired) electrons. The van der Waals surface area contributed by atoms with Gasteiger partial charge in [0.05, 0.1) is 17.9 Å². The molecule has 0 aliphatic heterocycles. The molecule has 0 aromatic carbocycles. The van der Waals surface area contributed by atoms with E-state index in [0.717, 1.165) is 6.26 Å². The lowest BCUT2D eigenvalue weighted by Gasteiger charge is -2.00. The summed E-state index contributed by atoms with van der Waals surface area (Å²) < 4.78 is 26.1. The maximum atomic E-state index is 10.6. The van der Waals surface area contributed by atoms with Crippen molar-refractivity contribution in [2.24, 2.45) is 5.14 Å². The van der Waals surface area contributed by atoms with Gasteiger partial charge in [0.15, 0.2) is 0 Å². The second-order valence-electron chi connectivity index (χ2n) is 3.15. The predicted molar refractivity (Wildman–Crippen MR) is 55.3 cm³/mol. The molecule has 0 amide bonds. The molecular formula is C8H12N2O5S. The van der Waals surface area contributed by atoms with Gasteiger partial charge in [-0.1, -0.05) is 0 Å². The van der Waals surface area contributed by atoms with E-state index < -0.39 is 16.0 Å². The van der Waals surface area contributed by atoms with Crippen LogP contribution in [0.3, 0.4) is 0 Å². The molecule has 1 rings (SSSR count). The Labute approximate surface area is 92.3 Å². The van der Waals surface area contributed by atoms with Crippen LogP contribution in [0.1, 0.15) is 16.1 Å². The molecule has 0 aliphatic carbocycles. The molecule has 1 heterocycles. The van der Waals surface area contributed by atoms with Gasteiger partial charge in [-0.25, -0.2) is 18.4 Å². The van der Waals surface area contributed by atoms with Crippen molar-refractivity contribution < 1.29 is 22.7 Å². The molecule has 0 atom stereocenters. The van der Waals surface area contributed by atoms with Crippen LogP contribution in [0.5, 0.6) is 0 Å². The zero-order valence-electron chi connectivity index (χ0n) is 8.34. The third-order valence-electron chi connectivity index (χ3n) is 1.76. The average Bonchev–Trinajstić information content (AvgIpc) is 2.59. The second kappa shape index (κ2) is 5.10. The van der Waals surface area contributed by atoms with Crippen molar-refractivity contribution in [1.82, 2.24) is 5.32 Å². The van der Waals surface area contributed by atoms with Gasteiger partial charge in [0, 0.05) is 6.54 Å². The molecule has 0 aliphatic rings. The molecule has 0 saturated carbocycles. The SMILES string of the molecule is NS(=O)(=O)CCNCc1cc(C(=O)O)co1. The summed E-state index contributed by atoms with van der Waals surface area (Å²) in [5.74, 6) is -0.828. The fraction of sp³-hybridized carbons (Fsp3) is 0.375. The van der Waals surface area contributed by atoms with Crippen LogP contribution in [0.2, 0.25) is 0 Å². The van der Waals surface area contributed by atoms with Gasteiger partial charge in [0.2, 0.25) is 10.0 Å². The maximum absolute atomic E-state index is 10.6. The number of carboxylic acid groups (broad SMARTS) is 1. The van der Waals surface area contributed by atoms with Gasteiger partial charge in [-0.05, 0) is 6.07 Å². The number of sulfonamides is 1. The Hall–Kier alpha value is -1.38. The van der Waals surface area contributed by atoms with Crippen LogP contribution in [0.4, 0.5) is 0 Å². The summed E-state index contributed by atoms with van der Waals surface area (Å²) in [5, 5.41) is 16.2. The van der Waals surface area contributed by atoms with Crippen molar-refractivity contribution in [3.8, 4) is 0 Å². The lowest BCUT2D eigenvalue weighted by Crippen LogP contribution is -2.26. The zero-order chi connectivity index (χ0) is 12.2. The van der Waals surface area contributed by atoms with Crippen LogP contribution in [-0.2, 0) is 16.6 Å². The molecule has 7 nitrogen and oxygen atoms in total. The maximum Gasteiger partial charge on any atom is 0.338 e. The highest BCUT2D eigenvalue weighted by molar-refractivity contribution is 7.89. The third-order valence-corrected chi connectivity index (χ3v) is 2.54. The highest BCUT2D eigenvalue weighted by Gasteiger charge is 2.08. The van der Waals surface area contributed by atoms with Gasteiger partial charge < -0.3 is 14.8 Å². The van der Waals surface area contributed by atoms with Crippen molar-refractivity contribution >= 4 is 16.0 Å². The molecule has 1 aromatic heterocycles. The normalized spacial score (nSPS) is 11.6. The monoisotopic (exact) mass is 248 g/mol. The van der Waals surface area contributed by atoms with E-state index in [1.54, 1.807) is 0 Å². The summed E-state index contributed by atoms with van der Waals surface area (Å²) in [4.78, 5) is 10.5. The fourth-order valence-electron chi connectivity index (χ4n) is 1.01. The van der Waals surface area contributed by atoms with E-state index >= 15 is 0 Å². The quantitative estimate of drug-likeness (QED) is 0.575. The van der Waals surface area contributed by atoms with Crippen molar-refractivity contribution in [2.75, 3.05) is 12.3 Å². The Kier molecular flexibility index (Phi) is 4.05. The molecular weight excluding hydrogens is 236 g/mol. The number of hydrogen-bond donors (Lipinski definition) is 3. The summed E-state index contributed by atoms with van der Waals surface area (Å²) in [6.07, 6.45) is 1.12. The van der Waals surface area contributed by atoms with Crippen molar-refractivity contribution in [2.45, 2.75) is 6.54 Å². The summed E-state index contributed by atoms with van der Waals surface area (Å²) in [7, 11) is -3.47. The number of primary sulfonamides is 1. The molecule has 0 bridgehead atoms. The van der Waals surface area contributed by atoms with Crippen LogP contribution in [0.25, 0.3) is 0 Å². The topological polar surface area (TPSA) is 123 Å². The van der Waals surface area contributed by atoms with Gasteiger partial charge in [-0.15, -0.1) is 0 Å². The molecule has 0 fully saturated rings. The summed E-state index contributed by atoms with van der Waals surface area (Å²) in [6.45, 7) is 0.435. The number of nitrogens with one attached hydrogen (secondary N) is 1. The van der Waals surface area contributed by atoms with Crippen LogP contribution in [-0.4, -0.2) is 31.8 Å². The minimum absolute atomic E-state index is 0.0586. The first-order chi connectivity index (χ1) is 7.38. The standard InChI is InChI=1S/C8H12N2O5S/c9-16(13,14)2-1-10-4-7-3-6(5-15-7)8(11)12/h3,5,10H,1-2,4H2,(H,11,12)(H2,9,13,14). The number of rotatable bonds is 6. The van der Waals surface area contributed by atoms with E-state index in [1.165, 1.54) is 6.07 Å². The number of carboxylic acids is 1. The van der Waals surface area contributed by atoms with E-state index in [2.05, 4.69) is 5.32 Å². The number of furan rings is 1. The number of aromatic carboxylic acids is 1. The number of hydrogen-bond acceptors (Lipinski definition) is 5. The van der Waals surface area contributed by atoms with Crippen molar-refractivity contribution in [3.05, 3.63) is 23.7 Å². The smallest absolute Gasteiger partial charge is 0.338 e. The minimum atomic E-state index is -3.47. The molecule has 0 saturated heterocycles. The third kappa shape index (κ3) is 4.43. The van der Waals surface area contributed by atoms with Gasteiger partial charge in [-0.2, -0.15) is 0 Å². The summed E-state index contributed by atoms with van der Waals surface area (Å²) in [6, 6.07) is 1.37. The molecule has 4 N–H and O–H groups in total. The number of nitrogens with two attached hydrogens (primary N) is 1. The van der Waals surface area contributed by atoms with Gasteiger partial charge in [-0.3, -0.25) is 0 Å². The number of carbonyl (C=O) groups is 1. The molecule has 16 heavy (non-hydrogen) atoms. The van der Waals surface area contributed by atoms with E-state index in [-0.39, 0.29) is 24.4 Å². The largest absolute Gasteiger partial charge is 0.478 e. The van der Waals surface area contributed by atoms with Gasteiger partial charge >= 0.3 is 5.97 Å². The predicted octanol–water partition coefficient (Wildman–Crippen LogP) is -0.644. The Morgan fingerprint density at radius 1 is 1.56 bits per heavy atom. The lowest BCUT2D eigenvalue weighted by atomic mass is 10.3. The van der Waals surface area contributed by atoms with E-state index in [4.69, 9.17) is 14.7 Å². The summed E-state index contributed by atoms with van der Waals surface area (Å²) in [5.41, 5.74) is 0.0586. The minimum Gasteiger partial charge on any atom is -0.478 e. The van der Waals surface area contributed by atoms with Crippen molar-refractivity contribution in [1.29, 1.82) is 0 Å². The van der Waals surface area contributed by atoms with E-state index in [9.17, 15) is 13.2 Å². The highest BCUT2D eigenvalue weighted by Crippen LogP contribution is 2.06. The first kappa shape index (κ1) is 12.7. The van der Waals surface area contributed by atoms with Gasteiger partial charge in [0.1, 0.15) is 12.0 Å². The molecule has 90 valence electrons. The first-order valence-electron chi connectivity index (χ1n) is 4.40. The Morgan fingerprint density at radius 2 is 2.25 bits per heavy atom. The molecule has 0 spiro atoms.